The van der Waals surface area contributed by atoms with Crippen molar-refractivity contribution in [3.05, 3.63) is 11.1 Å². The zero-order chi connectivity index (χ0) is 18.0. The predicted molar refractivity (Wildman–Crippen MR) is 102 cm³/mol. The summed E-state index contributed by atoms with van der Waals surface area (Å²) in [6.07, 6.45) is 8.49. The zero-order valence-corrected chi connectivity index (χ0v) is 16.6. The molecule has 2 rings (SSSR count). The molecule has 0 bridgehead atoms. The number of rotatable bonds is 4. The highest BCUT2D eigenvalue weighted by Gasteiger charge is 2.22. The van der Waals surface area contributed by atoms with Gasteiger partial charge in [0.2, 0.25) is 0 Å². The molecule has 0 amide bonds. The fraction of sp³-hybridized carbons (Fsp3) is 0.588. The van der Waals surface area contributed by atoms with Crippen LogP contribution in [0.4, 0.5) is 5.82 Å². The number of fused-ring (bicyclic) bond motifs is 1. The lowest BCUT2D eigenvalue weighted by molar-refractivity contribution is 0.286. The number of imidazole rings is 1. The van der Waals surface area contributed by atoms with Gasteiger partial charge in [-0.25, -0.2) is 15.0 Å². The molecule has 6 heteroatoms. The third-order valence-electron chi connectivity index (χ3n) is 3.05. The van der Waals surface area contributed by atoms with E-state index in [1.54, 1.807) is 0 Å². The lowest BCUT2D eigenvalue weighted by Crippen LogP contribution is -2.20. The van der Waals surface area contributed by atoms with E-state index in [0.29, 0.717) is 16.1 Å². The Labute approximate surface area is 148 Å². The number of nitrogens with zero attached hydrogens (tertiary/aromatic N) is 4. The van der Waals surface area contributed by atoms with Crippen molar-refractivity contribution in [2.75, 3.05) is 5.73 Å². The van der Waals surface area contributed by atoms with Gasteiger partial charge in [-0.2, -0.15) is 0 Å². The summed E-state index contributed by atoms with van der Waals surface area (Å²) in [5, 5.41) is 0. The first-order chi connectivity index (χ1) is 10.9. The molecule has 0 radical (unpaired) electrons. The maximum Gasteiger partial charge on any atom is 0.179 e. The van der Waals surface area contributed by atoms with Crippen LogP contribution in [0.5, 0.6) is 0 Å². The largest absolute Gasteiger partial charge is 0.382 e. The molecule has 2 N–H and O–H groups in total. The number of nitrogen functional groups attached to an aromatic ring is 1. The molecule has 0 saturated carbocycles. The van der Waals surface area contributed by atoms with E-state index in [1.807, 2.05) is 32.3 Å². The number of halogens is 1. The number of nitrogens with two attached hydrogens (primary N) is 1. The van der Waals surface area contributed by atoms with Crippen molar-refractivity contribution < 1.29 is 0 Å². The van der Waals surface area contributed by atoms with Crippen molar-refractivity contribution in [1.82, 2.24) is 19.5 Å². The summed E-state index contributed by atoms with van der Waals surface area (Å²) in [6, 6.07) is 0. The molecule has 0 aliphatic rings. The van der Waals surface area contributed by atoms with E-state index in [0.717, 1.165) is 25.0 Å². The van der Waals surface area contributed by atoms with Gasteiger partial charge < -0.3 is 10.3 Å². The summed E-state index contributed by atoms with van der Waals surface area (Å²) in [6.45, 7) is 13.1. The quantitative estimate of drug-likeness (QED) is 0.617. The minimum Gasteiger partial charge on any atom is -0.382 e. The highest BCUT2D eigenvalue weighted by molar-refractivity contribution is 9.10. The molecule has 0 atom stereocenters. The van der Waals surface area contributed by atoms with Crippen LogP contribution in [0, 0.1) is 17.8 Å². The maximum absolute atomic E-state index is 5.81. The lowest BCUT2D eigenvalue weighted by Gasteiger charge is -2.24. The van der Waals surface area contributed by atoms with E-state index in [9.17, 15) is 0 Å². The van der Waals surface area contributed by atoms with E-state index >= 15 is 0 Å². The first kappa shape index (κ1) is 21.4. The van der Waals surface area contributed by atoms with Crippen molar-refractivity contribution in [1.29, 1.82) is 0 Å². The van der Waals surface area contributed by atoms with Crippen molar-refractivity contribution in [3.63, 3.8) is 0 Å². The first-order valence-electron chi connectivity index (χ1n) is 8.00. The van der Waals surface area contributed by atoms with Gasteiger partial charge in [-0.05, 0) is 27.8 Å². The Morgan fingerprint density at radius 1 is 1.26 bits per heavy atom. The monoisotopic (exact) mass is 381 g/mol. The van der Waals surface area contributed by atoms with Gasteiger partial charge in [0.05, 0.1) is 0 Å². The van der Waals surface area contributed by atoms with Crippen molar-refractivity contribution in [2.24, 2.45) is 5.41 Å². The van der Waals surface area contributed by atoms with Crippen molar-refractivity contribution in [2.45, 2.75) is 60.9 Å². The number of anilines is 1. The molecule has 2 aromatic rings. The van der Waals surface area contributed by atoms with Gasteiger partial charge >= 0.3 is 0 Å². The minimum atomic E-state index is 0.0578. The number of hydrogen-bond acceptors (Lipinski definition) is 4. The van der Waals surface area contributed by atoms with Crippen molar-refractivity contribution in [3.8, 4) is 12.3 Å². The average Bonchev–Trinajstić information content (AvgIpc) is 2.87. The second-order valence-electron chi connectivity index (χ2n) is 5.27. The molecule has 0 unspecified atom stereocenters. The Kier molecular flexibility index (Phi) is 9.50. The summed E-state index contributed by atoms with van der Waals surface area (Å²) in [5.74, 6) is 3.08. The zero-order valence-electron chi connectivity index (χ0n) is 15.0. The van der Waals surface area contributed by atoms with E-state index < -0.39 is 0 Å². The average molecular weight is 382 g/mol. The van der Waals surface area contributed by atoms with Gasteiger partial charge in [0.15, 0.2) is 21.7 Å². The highest BCUT2D eigenvalue weighted by atomic mass is 79.9. The van der Waals surface area contributed by atoms with Crippen LogP contribution in [0.1, 0.15) is 54.4 Å². The van der Waals surface area contributed by atoms with E-state index in [4.69, 9.17) is 12.2 Å². The van der Waals surface area contributed by atoms with Gasteiger partial charge in [0, 0.05) is 13.0 Å². The van der Waals surface area contributed by atoms with E-state index in [1.165, 1.54) is 6.33 Å². The van der Waals surface area contributed by atoms with Gasteiger partial charge in [0.25, 0.3) is 0 Å². The number of hydrogen-bond donors (Lipinski definition) is 1. The Morgan fingerprint density at radius 3 is 2.43 bits per heavy atom. The maximum atomic E-state index is 5.81. The Hall–Kier alpha value is -1.61. The molecule has 0 aromatic carbocycles. The van der Waals surface area contributed by atoms with Crippen LogP contribution in [0.25, 0.3) is 11.2 Å². The summed E-state index contributed by atoms with van der Waals surface area (Å²) in [7, 11) is 0. The van der Waals surface area contributed by atoms with E-state index in [-0.39, 0.29) is 5.41 Å². The Morgan fingerprint density at radius 2 is 1.87 bits per heavy atom. The van der Waals surface area contributed by atoms with Crippen molar-refractivity contribution >= 4 is 32.9 Å². The van der Waals surface area contributed by atoms with Crippen LogP contribution in [-0.4, -0.2) is 19.5 Å². The van der Waals surface area contributed by atoms with Crippen LogP contribution in [0.15, 0.2) is 11.1 Å². The molecule has 2 heterocycles. The smallest absolute Gasteiger partial charge is 0.179 e. The molecule has 128 valence electrons. The molecular weight excluding hydrogens is 354 g/mol. The SMILES string of the molecule is C#CCCC(C)(C)Cn1c(Br)nc2c(N)ncnc21.CC.CC. The molecule has 23 heavy (non-hydrogen) atoms. The first-order valence-corrected chi connectivity index (χ1v) is 8.79. The topological polar surface area (TPSA) is 69.6 Å². The minimum absolute atomic E-state index is 0.0578. The summed E-state index contributed by atoms with van der Waals surface area (Å²) < 4.78 is 2.72. The number of terminal acetylenes is 1. The number of aromatic nitrogens is 4. The van der Waals surface area contributed by atoms with E-state index in [2.05, 4.69) is 50.6 Å². The third kappa shape index (κ3) is 5.83. The van der Waals surface area contributed by atoms with Gasteiger partial charge in [0.1, 0.15) is 6.33 Å². The summed E-state index contributed by atoms with van der Waals surface area (Å²) in [5.41, 5.74) is 7.24. The predicted octanol–water partition coefficient (Wildman–Crippen LogP) is 4.66. The second-order valence-corrected chi connectivity index (χ2v) is 5.98. The molecule has 0 saturated heterocycles. The Balaban J connectivity index is 0.00000112. The molecule has 0 fully saturated rings. The van der Waals surface area contributed by atoms with Crippen LogP contribution in [-0.2, 0) is 6.54 Å². The second kappa shape index (κ2) is 10.2. The molecule has 2 aromatic heterocycles. The van der Waals surface area contributed by atoms with Crippen LogP contribution >= 0.6 is 15.9 Å². The van der Waals surface area contributed by atoms with Crippen LogP contribution in [0.3, 0.4) is 0 Å². The summed E-state index contributed by atoms with van der Waals surface area (Å²) >= 11 is 3.45. The van der Waals surface area contributed by atoms with Gasteiger partial charge in [-0.15, -0.1) is 12.3 Å². The molecular formula is C17H28BrN5. The normalized spacial score (nSPS) is 10.2. The lowest BCUT2D eigenvalue weighted by atomic mass is 9.88. The summed E-state index contributed by atoms with van der Waals surface area (Å²) in [4.78, 5) is 12.6. The molecule has 0 spiro atoms. The standard InChI is InChI=1S/C13H16BrN5.2C2H6/c1-4-5-6-13(2,3)7-19-11-9(18-12(19)14)10(15)16-8-17-11;2*1-2/h1,8H,5-7H2,2-3H3,(H2,15,16,17);2*1-2H3. The van der Waals surface area contributed by atoms with Crippen LogP contribution in [0.2, 0.25) is 0 Å². The van der Waals surface area contributed by atoms with Gasteiger partial charge in [-0.3, -0.25) is 0 Å². The third-order valence-corrected chi connectivity index (χ3v) is 3.65. The fourth-order valence-corrected chi connectivity index (χ4v) is 2.46. The molecule has 0 aliphatic carbocycles. The fourth-order valence-electron chi connectivity index (χ4n) is 1.99. The van der Waals surface area contributed by atoms with Gasteiger partial charge in [-0.1, -0.05) is 41.5 Å². The molecule has 0 aliphatic heterocycles. The van der Waals surface area contributed by atoms with Crippen LogP contribution < -0.4 is 5.73 Å². The Bertz CT molecular complexity index is 640. The molecule has 5 nitrogen and oxygen atoms in total. The highest BCUT2D eigenvalue weighted by Crippen LogP contribution is 2.29.